The summed E-state index contributed by atoms with van der Waals surface area (Å²) < 4.78 is 0. The minimum atomic E-state index is 0.120. The molecule has 0 unspecified atom stereocenters. The normalized spacial score (nSPS) is 15.1. The van der Waals surface area contributed by atoms with E-state index in [2.05, 4.69) is 6.08 Å². The molecule has 1 N–H and O–H groups in total. The number of carbonyl (C=O) groups excluding carboxylic acids is 1. The SMILES string of the molecule is O=C(Cc1cccc(O)c1)N1CC=CCC1. The second-order valence-electron chi connectivity index (χ2n) is 3.95. The van der Waals surface area contributed by atoms with Gasteiger partial charge < -0.3 is 10.0 Å². The van der Waals surface area contributed by atoms with Gasteiger partial charge in [0.05, 0.1) is 6.42 Å². The summed E-state index contributed by atoms with van der Waals surface area (Å²) in [4.78, 5) is 13.7. The second-order valence-corrected chi connectivity index (χ2v) is 3.95. The van der Waals surface area contributed by atoms with Gasteiger partial charge in [0.15, 0.2) is 0 Å². The van der Waals surface area contributed by atoms with Crippen LogP contribution >= 0.6 is 0 Å². The third-order valence-electron chi connectivity index (χ3n) is 2.68. The summed E-state index contributed by atoms with van der Waals surface area (Å²) >= 11 is 0. The van der Waals surface area contributed by atoms with Crippen LogP contribution < -0.4 is 0 Å². The van der Waals surface area contributed by atoms with Crippen molar-refractivity contribution in [1.29, 1.82) is 0 Å². The molecule has 16 heavy (non-hydrogen) atoms. The standard InChI is InChI=1S/C13H15NO2/c15-12-6-4-5-11(9-12)10-13(16)14-7-2-1-3-8-14/h1-2,4-6,9,15H,3,7-8,10H2. The fraction of sp³-hybridized carbons (Fsp3) is 0.308. The molecule has 3 nitrogen and oxygen atoms in total. The largest absolute Gasteiger partial charge is 0.508 e. The first-order valence-corrected chi connectivity index (χ1v) is 5.46. The minimum absolute atomic E-state index is 0.120. The van der Waals surface area contributed by atoms with Gasteiger partial charge in [0.2, 0.25) is 5.91 Å². The average Bonchev–Trinajstić information content (AvgIpc) is 2.30. The molecule has 0 aliphatic carbocycles. The lowest BCUT2D eigenvalue weighted by Crippen LogP contribution is -2.34. The Morgan fingerprint density at radius 1 is 1.38 bits per heavy atom. The molecule has 1 amide bonds. The summed E-state index contributed by atoms with van der Waals surface area (Å²) in [6.07, 6.45) is 5.41. The molecule has 3 heteroatoms. The number of phenols is 1. The van der Waals surface area contributed by atoms with Gasteiger partial charge in [0.1, 0.15) is 5.75 Å². The summed E-state index contributed by atoms with van der Waals surface area (Å²) in [6.45, 7) is 1.51. The van der Waals surface area contributed by atoms with Crippen molar-refractivity contribution in [2.45, 2.75) is 12.8 Å². The van der Waals surface area contributed by atoms with Crippen molar-refractivity contribution in [2.75, 3.05) is 13.1 Å². The summed E-state index contributed by atoms with van der Waals surface area (Å²) in [5.74, 6) is 0.332. The number of phenolic OH excluding ortho intramolecular Hbond substituents is 1. The van der Waals surface area contributed by atoms with Gasteiger partial charge in [-0.2, -0.15) is 0 Å². The third kappa shape index (κ3) is 2.63. The second kappa shape index (κ2) is 4.84. The lowest BCUT2D eigenvalue weighted by molar-refractivity contribution is -0.130. The zero-order valence-corrected chi connectivity index (χ0v) is 9.10. The molecule has 0 saturated heterocycles. The zero-order valence-electron chi connectivity index (χ0n) is 9.10. The van der Waals surface area contributed by atoms with Gasteiger partial charge in [-0.1, -0.05) is 24.3 Å². The fourth-order valence-corrected chi connectivity index (χ4v) is 1.82. The van der Waals surface area contributed by atoms with Gasteiger partial charge in [-0.05, 0) is 24.1 Å². The maximum atomic E-state index is 11.9. The average molecular weight is 217 g/mol. The summed E-state index contributed by atoms with van der Waals surface area (Å²) in [6, 6.07) is 6.86. The van der Waals surface area contributed by atoms with E-state index in [1.165, 1.54) is 0 Å². The molecule has 84 valence electrons. The Balaban J connectivity index is 1.99. The highest BCUT2D eigenvalue weighted by molar-refractivity contribution is 5.79. The monoisotopic (exact) mass is 217 g/mol. The van der Waals surface area contributed by atoms with Gasteiger partial charge >= 0.3 is 0 Å². The quantitative estimate of drug-likeness (QED) is 0.766. The van der Waals surface area contributed by atoms with Crippen LogP contribution in [0.3, 0.4) is 0 Å². The molecule has 0 aromatic heterocycles. The van der Waals surface area contributed by atoms with Crippen LogP contribution in [0.25, 0.3) is 0 Å². The number of benzene rings is 1. The molecule has 1 aliphatic rings. The van der Waals surface area contributed by atoms with Gasteiger partial charge in [-0.25, -0.2) is 0 Å². The highest BCUT2D eigenvalue weighted by Gasteiger charge is 2.14. The molecule has 0 saturated carbocycles. The number of hydrogen-bond donors (Lipinski definition) is 1. The van der Waals surface area contributed by atoms with E-state index >= 15 is 0 Å². The molecule has 0 radical (unpaired) electrons. The van der Waals surface area contributed by atoms with Crippen molar-refractivity contribution in [3.63, 3.8) is 0 Å². The van der Waals surface area contributed by atoms with Crippen LogP contribution in [-0.4, -0.2) is 29.0 Å². The molecule has 1 heterocycles. The Morgan fingerprint density at radius 2 is 2.25 bits per heavy atom. The van der Waals surface area contributed by atoms with Crippen molar-refractivity contribution in [3.8, 4) is 5.75 Å². The van der Waals surface area contributed by atoms with Crippen LogP contribution in [-0.2, 0) is 11.2 Å². The molecule has 0 spiro atoms. The van der Waals surface area contributed by atoms with E-state index in [-0.39, 0.29) is 11.7 Å². The Bertz CT molecular complexity index is 412. The highest BCUT2D eigenvalue weighted by Crippen LogP contribution is 2.13. The van der Waals surface area contributed by atoms with Gasteiger partial charge in [-0.3, -0.25) is 4.79 Å². The summed E-state index contributed by atoms with van der Waals surface area (Å²) in [7, 11) is 0. The van der Waals surface area contributed by atoms with E-state index < -0.39 is 0 Å². The van der Waals surface area contributed by atoms with E-state index in [4.69, 9.17) is 0 Å². The fourth-order valence-electron chi connectivity index (χ4n) is 1.82. The Hall–Kier alpha value is -1.77. The zero-order chi connectivity index (χ0) is 11.4. The van der Waals surface area contributed by atoms with Crippen molar-refractivity contribution in [1.82, 2.24) is 4.90 Å². The lowest BCUT2D eigenvalue weighted by atomic mass is 10.1. The molecule has 0 atom stereocenters. The summed E-state index contributed by atoms with van der Waals surface area (Å²) in [5.41, 5.74) is 0.861. The molecule has 1 aliphatic heterocycles. The topological polar surface area (TPSA) is 40.5 Å². The molecular weight excluding hydrogens is 202 g/mol. The van der Waals surface area contributed by atoms with E-state index in [9.17, 15) is 9.90 Å². The van der Waals surface area contributed by atoms with Crippen molar-refractivity contribution >= 4 is 5.91 Å². The number of aromatic hydroxyl groups is 1. The lowest BCUT2D eigenvalue weighted by Gasteiger charge is -2.23. The number of carbonyl (C=O) groups is 1. The van der Waals surface area contributed by atoms with Gasteiger partial charge in [-0.15, -0.1) is 0 Å². The van der Waals surface area contributed by atoms with Crippen LogP contribution in [0.2, 0.25) is 0 Å². The molecular formula is C13H15NO2. The van der Waals surface area contributed by atoms with Gasteiger partial charge in [0.25, 0.3) is 0 Å². The number of amides is 1. The first kappa shape index (κ1) is 10.7. The first-order chi connectivity index (χ1) is 7.75. The Labute approximate surface area is 95.0 Å². The number of rotatable bonds is 2. The van der Waals surface area contributed by atoms with Crippen molar-refractivity contribution < 1.29 is 9.90 Å². The smallest absolute Gasteiger partial charge is 0.227 e. The van der Waals surface area contributed by atoms with Crippen LogP contribution in [0.15, 0.2) is 36.4 Å². The minimum Gasteiger partial charge on any atom is -0.508 e. The molecule has 0 bridgehead atoms. The maximum Gasteiger partial charge on any atom is 0.227 e. The molecule has 2 rings (SSSR count). The predicted molar refractivity (Wildman–Crippen MR) is 62.1 cm³/mol. The van der Waals surface area contributed by atoms with Crippen molar-refractivity contribution in [3.05, 3.63) is 42.0 Å². The molecule has 1 aromatic rings. The van der Waals surface area contributed by atoms with Crippen LogP contribution in [0.5, 0.6) is 5.75 Å². The van der Waals surface area contributed by atoms with Crippen LogP contribution in [0.1, 0.15) is 12.0 Å². The van der Waals surface area contributed by atoms with Gasteiger partial charge in [0, 0.05) is 13.1 Å². The van der Waals surface area contributed by atoms with E-state index in [0.717, 1.165) is 18.5 Å². The predicted octanol–water partition coefficient (Wildman–Crippen LogP) is 1.72. The van der Waals surface area contributed by atoms with E-state index in [1.807, 2.05) is 17.0 Å². The first-order valence-electron chi connectivity index (χ1n) is 5.46. The van der Waals surface area contributed by atoms with Crippen LogP contribution in [0.4, 0.5) is 0 Å². The summed E-state index contributed by atoms with van der Waals surface area (Å²) in [5, 5.41) is 9.30. The maximum absolute atomic E-state index is 11.9. The van der Waals surface area contributed by atoms with E-state index in [1.54, 1.807) is 18.2 Å². The number of nitrogens with zero attached hydrogens (tertiary/aromatic N) is 1. The Kier molecular flexibility index (Phi) is 3.25. The molecule has 0 fully saturated rings. The Morgan fingerprint density at radius 3 is 2.94 bits per heavy atom. The number of hydrogen-bond acceptors (Lipinski definition) is 2. The molecule has 1 aromatic carbocycles. The van der Waals surface area contributed by atoms with Crippen molar-refractivity contribution in [2.24, 2.45) is 0 Å². The van der Waals surface area contributed by atoms with Crippen LogP contribution in [0, 0.1) is 0 Å². The highest BCUT2D eigenvalue weighted by atomic mass is 16.3. The van der Waals surface area contributed by atoms with E-state index in [0.29, 0.717) is 13.0 Å². The third-order valence-corrected chi connectivity index (χ3v) is 2.68.